The van der Waals surface area contributed by atoms with Gasteiger partial charge in [-0.1, -0.05) is 51.7 Å². The Morgan fingerprint density at radius 2 is 1.69 bits per heavy atom. The second-order valence-electron chi connectivity index (χ2n) is 5.24. The van der Waals surface area contributed by atoms with E-state index in [1.807, 2.05) is 6.08 Å². The molecule has 0 bridgehead atoms. The van der Waals surface area contributed by atoms with E-state index >= 15 is 0 Å². The molecule has 1 aliphatic rings. The van der Waals surface area contributed by atoms with Gasteiger partial charge in [-0.05, 0) is 37.5 Å². The third-order valence-electron chi connectivity index (χ3n) is 3.84. The van der Waals surface area contributed by atoms with Crippen molar-refractivity contribution < 1.29 is 5.11 Å². The Morgan fingerprint density at radius 3 is 2.38 bits per heavy atom. The largest absolute Gasteiger partial charge is 0.389 e. The average Bonchev–Trinajstić information content (AvgIpc) is 2.46. The van der Waals surface area contributed by atoms with Crippen molar-refractivity contribution in [3.8, 4) is 0 Å². The van der Waals surface area contributed by atoms with E-state index < -0.39 is 0 Å². The number of allylic oxidation sites excluding steroid dienone is 1. The molecule has 0 saturated heterocycles. The fourth-order valence-corrected chi connectivity index (χ4v) is 2.72. The van der Waals surface area contributed by atoms with Crippen LogP contribution in [0.4, 0.5) is 0 Å². The number of aliphatic hydroxyl groups is 1. The molecule has 3 atom stereocenters. The number of hydrogen-bond acceptors (Lipinski definition) is 1. The summed E-state index contributed by atoms with van der Waals surface area (Å²) >= 11 is 0. The lowest BCUT2D eigenvalue weighted by Gasteiger charge is -2.23. The van der Waals surface area contributed by atoms with Crippen molar-refractivity contribution in [1.82, 2.24) is 0 Å². The summed E-state index contributed by atoms with van der Waals surface area (Å²) in [5.74, 6) is 1.54. The molecule has 0 heterocycles. The number of unbranched alkanes of at least 4 members (excludes halogenated alkanes) is 2. The normalized spacial score (nSPS) is 30.3. The summed E-state index contributed by atoms with van der Waals surface area (Å²) in [6, 6.07) is 0. The molecule has 1 nitrogen and oxygen atoms in total. The Balaban J connectivity index is 2.50. The molecule has 1 aliphatic carbocycles. The van der Waals surface area contributed by atoms with Gasteiger partial charge in [0, 0.05) is 0 Å². The zero-order valence-corrected chi connectivity index (χ0v) is 11.0. The summed E-state index contributed by atoms with van der Waals surface area (Å²) in [7, 11) is 0. The lowest BCUT2D eigenvalue weighted by atomic mass is 9.82. The molecule has 0 amide bonds. The SMILES string of the molecule is CCCCC1C=CC(O)CCC1CCCC. The van der Waals surface area contributed by atoms with Crippen LogP contribution in [-0.2, 0) is 0 Å². The molecular weight excluding hydrogens is 196 g/mol. The van der Waals surface area contributed by atoms with Crippen LogP contribution in [0.15, 0.2) is 12.2 Å². The van der Waals surface area contributed by atoms with Crippen LogP contribution in [0.2, 0.25) is 0 Å². The van der Waals surface area contributed by atoms with Crippen molar-refractivity contribution in [3.63, 3.8) is 0 Å². The van der Waals surface area contributed by atoms with Gasteiger partial charge in [-0.2, -0.15) is 0 Å². The van der Waals surface area contributed by atoms with Crippen LogP contribution in [0.3, 0.4) is 0 Å². The van der Waals surface area contributed by atoms with Crippen LogP contribution in [0.25, 0.3) is 0 Å². The van der Waals surface area contributed by atoms with Gasteiger partial charge in [0.05, 0.1) is 6.10 Å². The molecule has 1 heteroatoms. The van der Waals surface area contributed by atoms with Gasteiger partial charge >= 0.3 is 0 Å². The molecule has 1 N–H and O–H groups in total. The van der Waals surface area contributed by atoms with Gasteiger partial charge in [0.2, 0.25) is 0 Å². The summed E-state index contributed by atoms with van der Waals surface area (Å²) in [6.45, 7) is 4.53. The first kappa shape index (κ1) is 13.8. The summed E-state index contributed by atoms with van der Waals surface area (Å²) in [6.07, 6.45) is 14.2. The summed E-state index contributed by atoms with van der Waals surface area (Å²) < 4.78 is 0. The van der Waals surface area contributed by atoms with E-state index in [2.05, 4.69) is 19.9 Å². The second-order valence-corrected chi connectivity index (χ2v) is 5.24. The van der Waals surface area contributed by atoms with E-state index in [1.165, 1.54) is 44.9 Å². The average molecular weight is 224 g/mol. The fraction of sp³-hybridized carbons (Fsp3) is 0.867. The predicted molar refractivity (Wildman–Crippen MR) is 70.4 cm³/mol. The Bertz CT molecular complexity index is 198. The number of aliphatic hydroxyl groups excluding tert-OH is 1. The minimum atomic E-state index is -0.184. The van der Waals surface area contributed by atoms with Gasteiger partial charge < -0.3 is 5.11 Å². The Kier molecular flexibility index (Phi) is 6.79. The Morgan fingerprint density at radius 1 is 1.00 bits per heavy atom. The zero-order chi connectivity index (χ0) is 11.8. The highest BCUT2D eigenvalue weighted by Crippen LogP contribution is 2.32. The Hall–Kier alpha value is -0.300. The van der Waals surface area contributed by atoms with Crippen LogP contribution in [0, 0.1) is 11.8 Å². The third kappa shape index (κ3) is 4.69. The second kappa shape index (κ2) is 7.89. The molecular formula is C15H28O. The standard InChI is InChI=1S/C15H28O/c1-3-5-7-13-9-11-15(16)12-10-14(13)8-6-4-2/h9,11,13-16H,3-8,10,12H2,1-2H3. The smallest absolute Gasteiger partial charge is 0.0721 e. The van der Waals surface area contributed by atoms with Crippen LogP contribution in [0.5, 0.6) is 0 Å². The molecule has 0 saturated carbocycles. The number of rotatable bonds is 6. The van der Waals surface area contributed by atoms with Gasteiger partial charge in [-0.3, -0.25) is 0 Å². The van der Waals surface area contributed by atoms with E-state index in [9.17, 15) is 5.11 Å². The molecule has 0 fully saturated rings. The van der Waals surface area contributed by atoms with Gasteiger partial charge in [0.15, 0.2) is 0 Å². The first-order valence-electron chi connectivity index (χ1n) is 7.14. The maximum Gasteiger partial charge on any atom is 0.0721 e. The first-order chi connectivity index (χ1) is 7.77. The van der Waals surface area contributed by atoms with Crippen molar-refractivity contribution >= 4 is 0 Å². The molecule has 3 unspecified atom stereocenters. The Labute approximate surface area is 101 Å². The molecule has 0 aromatic rings. The van der Waals surface area contributed by atoms with E-state index in [4.69, 9.17) is 0 Å². The van der Waals surface area contributed by atoms with E-state index in [1.54, 1.807) is 0 Å². The fourth-order valence-electron chi connectivity index (χ4n) is 2.72. The predicted octanol–water partition coefficient (Wildman–Crippen LogP) is 4.31. The third-order valence-corrected chi connectivity index (χ3v) is 3.84. The van der Waals surface area contributed by atoms with Gasteiger partial charge in [0.25, 0.3) is 0 Å². The quantitative estimate of drug-likeness (QED) is 0.667. The lowest BCUT2D eigenvalue weighted by Crippen LogP contribution is -2.12. The maximum atomic E-state index is 9.69. The minimum Gasteiger partial charge on any atom is -0.389 e. The van der Waals surface area contributed by atoms with Crippen molar-refractivity contribution in [2.45, 2.75) is 71.3 Å². The highest BCUT2D eigenvalue weighted by molar-refractivity contribution is 4.98. The van der Waals surface area contributed by atoms with E-state index in [0.29, 0.717) is 0 Å². The van der Waals surface area contributed by atoms with Crippen molar-refractivity contribution in [3.05, 3.63) is 12.2 Å². The van der Waals surface area contributed by atoms with Crippen LogP contribution < -0.4 is 0 Å². The van der Waals surface area contributed by atoms with Crippen LogP contribution >= 0.6 is 0 Å². The van der Waals surface area contributed by atoms with Crippen LogP contribution in [-0.4, -0.2) is 11.2 Å². The molecule has 0 spiro atoms. The van der Waals surface area contributed by atoms with Crippen molar-refractivity contribution in [2.24, 2.45) is 11.8 Å². The summed E-state index contributed by atoms with van der Waals surface area (Å²) in [5, 5.41) is 9.69. The monoisotopic (exact) mass is 224 g/mol. The molecule has 0 aromatic carbocycles. The number of hydrogen-bond donors (Lipinski definition) is 1. The molecule has 1 rings (SSSR count). The zero-order valence-electron chi connectivity index (χ0n) is 11.0. The van der Waals surface area contributed by atoms with Crippen molar-refractivity contribution in [2.75, 3.05) is 0 Å². The topological polar surface area (TPSA) is 20.2 Å². The molecule has 0 aromatic heterocycles. The minimum absolute atomic E-state index is 0.184. The summed E-state index contributed by atoms with van der Waals surface area (Å²) in [4.78, 5) is 0. The lowest BCUT2D eigenvalue weighted by molar-refractivity contribution is 0.198. The highest BCUT2D eigenvalue weighted by atomic mass is 16.3. The maximum absolute atomic E-state index is 9.69. The van der Waals surface area contributed by atoms with Crippen LogP contribution in [0.1, 0.15) is 65.2 Å². The molecule has 16 heavy (non-hydrogen) atoms. The summed E-state index contributed by atoms with van der Waals surface area (Å²) in [5.41, 5.74) is 0. The molecule has 0 radical (unpaired) electrons. The van der Waals surface area contributed by atoms with Crippen molar-refractivity contribution in [1.29, 1.82) is 0 Å². The van der Waals surface area contributed by atoms with Gasteiger partial charge in [-0.15, -0.1) is 0 Å². The van der Waals surface area contributed by atoms with Gasteiger partial charge in [0.1, 0.15) is 0 Å². The van der Waals surface area contributed by atoms with Gasteiger partial charge in [-0.25, -0.2) is 0 Å². The van der Waals surface area contributed by atoms with E-state index in [0.717, 1.165) is 18.3 Å². The van der Waals surface area contributed by atoms with E-state index in [-0.39, 0.29) is 6.10 Å². The molecule has 0 aliphatic heterocycles. The highest BCUT2D eigenvalue weighted by Gasteiger charge is 2.21. The first-order valence-corrected chi connectivity index (χ1v) is 7.14. The molecule has 94 valence electrons.